The number of carbonyl (C=O) groups is 1. The van der Waals surface area contributed by atoms with E-state index in [-0.39, 0.29) is 5.97 Å². The predicted octanol–water partition coefficient (Wildman–Crippen LogP) is 5.13. The lowest BCUT2D eigenvalue weighted by atomic mass is 10.1. The molecule has 1 fully saturated rings. The van der Waals surface area contributed by atoms with Gasteiger partial charge in [0.25, 0.3) is 0 Å². The van der Waals surface area contributed by atoms with Crippen LogP contribution in [0.4, 0.5) is 0 Å². The SMILES string of the molecule is CCCCCCCCCCCCC=C1CC(=O)O1. The van der Waals surface area contributed by atoms with Crippen LogP contribution >= 0.6 is 0 Å². The van der Waals surface area contributed by atoms with Gasteiger partial charge in [-0.3, -0.25) is 4.79 Å². The van der Waals surface area contributed by atoms with Crippen molar-refractivity contribution < 1.29 is 9.53 Å². The first-order valence-corrected chi connectivity index (χ1v) is 7.72. The van der Waals surface area contributed by atoms with Crippen LogP contribution in [0.3, 0.4) is 0 Å². The van der Waals surface area contributed by atoms with Crippen LogP contribution in [-0.2, 0) is 9.53 Å². The molecule has 2 nitrogen and oxygen atoms in total. The standard InChI is InChI=1S/C16H28O2/c1-2-3-4-5-6-7-8-9-10-11-12-13-15-14-16(17)18-15/h13H,2-12,14H2,1H3. The van der Waals surface area contributed by atoms with Gasteiger partial charge in [-0.15, -0.1) is 0 Å². The molecular weight excluding hydrogens is 224 g/mol. The molecule has 0 unspecified atom stereocenters. The summed E-state index contributed by atoms with van der Waals surface area (Å²) >= 11 is 0. The zero-order valence-electron chi connectivity index (χ0n) is 11.9. The van der Waals surface area contributed by atoms with Crippen molar-refractivity contribution in [3.63, 3.8) is 0 Å². The molecule has 0 aromatic carbocycles. The minimum atomic E-state index is -0.0793. The number of rotatable bonds is 11. The quantitative estimate of drug-likeness (QED) is 0.376. The topological polar surface area (TPSA) is 26.3 Å². The average molecular weight is 252 g/mol. The highest BCUT2D eigenvalue weighted by atomic mass is 16.6. The van der Waals surface area contributed by atoms with E-state index in [0.717, 1.165) is 12.2 Å². The second-order valence-electron chi connectivity index (χ2n) is 5.29. The molecule has 0 N–H and O–H groups in total. The van der Waals surface area contributed by atoms with E-state index in [1.165, 1.54) is 64.2 Å². The Morgan fingerprint density at radius 3 is 1.94 bits per heavy atom. The third-order valence-corrected chi connectivity index (χ3v) is 3.49. The smallest absolute Gasteiger partial charge is 0.318 e. The highest BCUT2D eigenvalue weighted by Crippen LogP contribution is 2.19. The number of ether oxygens (including phenoxy) is 1. The fourth-order valence-electron chi connectivity index (χ4n) is 2.29. The average Bonchev–Trinajstić information content (AvgIpc) is 2.33. The van der Waals surface area contributed by atoms with Crippen LogP contribution in [0.5, 0.6) is 0 Å². The van der Waals surface area contributed by atoms with E-state index in [2.05, 4.69) is 13.0 Å². The van der Waals surface area contributed by atoms with Crippen molar-refractivity contribution in [1.29, 1.82) is 0 Å². The maximum Gasteiger partial charge on any atom is 0.318 e. The number of hydrogen-bond donors (Lipinski definition) is 0. The molecule has 0 spiro atoms. The summed E-state index contributed by atoms with van der Waals surface area (Å²) in [5, 5.41) is 0. The van der Waals surface area contributed by atoms with Crippen molar-refractivity contribution in [2.45, 2.75) is 84.0 Å². The lowest BCUT2D eigenvalue weighted by Gasteiger charge is -2.15. The van der Waals surface area contributed by atoms with Gasteiger partial charge < -0.3 is 4.74 Å². The molecule has 0 saturated carbocycles. The maximum atomic E-state index is 10.5. The van der Waals surface area contributed by atoms with Gasteiger partial charge in [0.2, 0.25) is 0 Å². The Morgan fingerprint density at radius 2 is 1.44 bits per heavy atom. The number of allylic oxidation sites excluding steroid dienone is 1. The zero-order chi connectivity index (χ0) is 13.1. The van der Waals surface area contributed by atoms with Crippen LogP contribution in [0.1, 0.15) is 84.0 Å². The number of hydrogen-bond acceptors (Lipinski definition) is 2. The first-order chi connectivity index (χ1) is 8.83. The molecule has 0 bridgehead atoms. The lowest BCUT2D eigenvalue weighted by Crippen LogP contribution is -2.17. The Morgan fingerprint density at radius 1 is 0.944 bits per heavy atom. The lowest BCUT2D eigenvalue weighted by molar-refractivity contribution is -0.148. The normalized spacial score (nSPS) is 16.7. The summed E-state index contributed by atoms with van der Waals surface area (Å²) in [5.41, 5.74) is 0. The first kappa shape index (κ1) is 15.3. The maximum absolute atomic E-state index is 10.5. The van der Waals surface area contributed by atoms with Crippen LogP contribution < -0.4 is 0 Å². The molecule has 104 valence electrons. The second-order valence-corrected chi connectivity index (χ2v) is 5.29. The van der Waals surface area contributed by atoms with Gasteiger partial charge in [0.15, 0.2) is 0 Å². The van der Waals surface area contributed by atoms with Crippen molar-refractivity contribution in [2.75, 3.05) is 0 Å². The Hall–Kier alpha value is -0.790. The van der Waals surface area contributed by atoms with E-state index in [0.29, 0.717) is 6.42 Å². The van der Waals surface area contributed by atoms with Crippen molar-refractivity contribution in [2.24, 2.45) is 0 Å². The third-order valence-electron chi connectivity index (χ3n) is 3.49. The molecule has 0 aliphatic carbocycles. The molecule has 1 aliphatic heterocycles. The predicted molar refractivity (Wildman–Crippen MR) is 75.3 cm³/mol. The molecule has 1 saturated heterocycles. The zero-order valence-corrected chi connectivity index (χ0v) is 11.9. The molecule has 1 heterocycles. The molecular formula is C16H28O2. The van der Waals surface area contributed by atoms with Crippen LogP contribution in [0.25, 0.3) is 0 Å². The van der Waals surface area contributed by atoms with Crippen molar-refractivity contribution in [1.82, 2.24) is 0 Å². The van der Waals surface area contributed by atoms with E-state index < -0.39 is 0 Å². The second kappa shape index (κ2) is 10.2. The van der Waals surface area contributed by atoms with Gasteiger partial charge >= 0.3 is 5.97 Å². The summed E-state index contributed by atoms with van der Waals surface area (Å²) in [6.45, 7) is 2.26. The molecule has 0 atom stereocenters. The van der Waals surface area contributed by atoms with Crippen LogP contribution in [0, 0.1) is 0 Å². The number of esters is 1. The van der Waals surface area contributed by atoms with Gasteiger partial charge in [-0.1, -0.05) is 64.7 Å². The molecule has 0 radical (unpaired) electrons. The fraction of sp³-hybridized carbons (Fsp3) is 0.812. The van der Waals surface area contributed by atoms with Gasteiger partial charge in [-0.2, -0.15) is 0 Å². The Labute approximate surface area is 112 Å². The summed E-state index contributed by atoms with van der Waals surface area (Å²) in [5.74, 6) is 0.806. The monoisotopic (exact) mass is 252 g/mol. The van der Waals surface area contributed by atoms with E-state index in [9.17, 15) is 4.79 Å². The number of unbranched alkanes of at least 4 members (excludes halogenated alkanes) is 10. The largest absolute Gasteiger partial charge is 0.430 e. The van der Waals surface area contributed by atoms with Crippen molar-refractivity contribution in [3.05, 3.63) is 11.8 Å². The number of carbonyl (C=O) groups excluding carboxylic acids is 1. The summed E-state index contributed by atoms with van der Waals surface area (Å²) < 4.78 is 4.85. The molecule has 0 amide bonds. The molecule has 1 aliphatic rings. The summed E-state index contributed by atoms with van der Waals surface area (Å²) in [7, 11) is 0. The van der Waals surface area contributed by atoms with Crippen LogP contribution in [-0.4, -0.2) is 5.97 Å². The van der Waals surface area contributed by atoms with Crippen LogP contribution in [0.2, 0.25) is 0 Å². The molecule has 2 heteroatoms. The van der Waals surface area contributed by atoms with Gasteiger partial charge in [0, 0.05) is 0 Å². The van der Waals surface area contributed by atoms with E-state index in [4.69, 9.17) is 4.74 Å². The first-order valence-electron chi connectivity index (χ1n) is 7.72. The van der Waals surface area contributed by atoms with E-state index >= 15 is 0 Å². The van der Waals surface area contributed by atoms with Crippen molar-refractivity contribution in [3.8, 4) is 0 Å². The highest BCUT2D eigenvalue weighted by Gasteiger charge is 2.20. The van der Waals surface area contributed by atoms with Gasteiger partial charge in [-0.05, 0) is 18.9 Å². The summed E-state index contributed by atoms with van der Waals surface area (Å²) in [6.07, 6.45) is 17.4. The minimum Gasteiger partial charge on any atom is -0.430 e. The van der Waals surface area contributed by atoms with Gasteiger partial charge in [0.1, 0.15) is 12.2 Å². The number of cyclic esters (lactones) is 1. The molecule has 0 aromatic rings. The summed E-state index contributed by atoms with van der Waals surface area (Å²) in [6, 6.07) is 0. The van der Waals surface area contributed by atoms with E-state index in [1.807, 2.05) is 0 Å². The Kier molecular flexibility index (Phi) is 8.62. The molecule has 1 rings (SSSR count). The Bertz CT molecular complexity index is 246. The Balaban J connectivity index is 1.74. The van der Waals surface area contributed by atoms with Crippen molar-refractivity contribution >= 4 is 5.97 Å². The van der Waals surface area contributed by atoms with Crippen LogP contribution in [0.15, 0.2) is 11.8 Å². The highest BCUT2D eigenvalue weighted by molar-refractivity contribution is 5.79. The van der Waals surface area contributed by atoms with Gasteiger partial charge in [0.05, 0.1) is 0 Å². The van der Waals surface area contributed by atoms with Gasteiger partial charge in [-0.25, -0.2) is 0 Å². The summed E-state index contributed by atoms with van der Waals surface area (Å²) in [4.78, 5) is 10.5. The molecule has 0 aromatic heterocycles. The fourth-order valence-corrected chi connectivity index (χ4v) is 2.29. The minimum absolute atomic E-state index is 0.0793. The van der Waals surface area contributed by atoms with E-state index in [1.54, 1.807) is 0 Å². The third kappa shape index (κ3) is 7.52. The molecule has 18 heavy (non-hydrogen) atoms.